The first-order valence-corrected chi connectivity index (χ1v) is 9.88. The van der Waals surface area contributed by atoms with Gasteiger partial charge < -0.3 is 9.80 Å². The summed E-state index contributed by atoms with van der Waals surface area (Å²) in [6.07, 6.45) is 1.24. The van der Waals surface area contributed by atoms with Gasteiger partial charge in [0, 0.05) is 52.4 Å². The van der Waals surface area contributed by atoms with Gasteiger partial charge in [0.05, 0.1) is 12.3 Å². The van der Waals surface area contributed by atoms with Crippen LogP contribution in [0.3, 0.4) is 0 Å². The molecule has 0 radical (unpaired) electrons. The Hall–Kier alpha value is -0.700. The quantitative estimate of drug-likeness (QED) is 0.669. The highest BCUT2D eigenvalue weighted by molar-refractivity contribution is 7.88. The lowest BCUT2D eigenvalue weighted by molar-refractivity contribution is -0.138. The summed E-state index contributed by atoms with van der Waals surface area (Å²) in [5, 5.41) is 0. The number of amides is 1. The Bertz CT molecular complexity index is 480. The van der Waals surface area contributed by atoms with Gasteiger partial charge in [-0.2, -0.15) is 4.31 Å². The van der Waals surface area contributed by atoms with Crippen LogP contribution in [0.15, 0.2) is 0 Å². The van der Waals surface area contributed by atoms with Gasteiger partial charge in [0.2, 0.25) is 15.9 Å². The Morgan fingerprint density at radius 3 is 2.00 bits per heavy atom. The van der Waals surface area contributed by atoms with Crippen LogP contribution in [0.1, 0.15) is 13.8 Å². The van der Waals surface area contributed by atoms with Gasteiger partial charge in [0.25, 0.3) is 0 Å². The average molecular weight is 332 g/mol. The lowest BCUT2D eigenvalue weighted by Gasteiger charge is -2.40. The van der Waals surface area contributed by atoms with E-state index in [2.05, 4.69) is 16.7 Å². The zero-order valence-corrected chi connectivity index (χ0v) is 14.7. The molecule has 0 aromatic carbocycles. The van der Waals surface area contributed by atoms with Crippen LogP contribution in [0.25, 0.3) is 0 Å². The van der Waals surface area contributed by atoms with Gasteiger partial charge >= 0.3 is 0 Å². The van der Waals surface area contributed by atoms with E-state index >= 15 is 0 Å². The summed E-state index contributed by atoms with van der Waals surface area (Å²) in [6, 6.07) is -0.171. The topological polar surface area (TPSA) is 64.2 Å². The number of sulfonamides is 1. The molecule has 0 N–H and O–H groups in total. The lowest BCUT2D eigenvalue weighted by atomic mass is 10.2. The van der Waals surface area contributed by atoms with Crippen LogP contribution >= 0.6 is 0 Å². The summed E-state index contributed by atoms with van der Waals surface area (Å²) >= 11 is 0. The standard InChI is InChI=1S/C14H28N4O3S/c1-4-15-5-7-17(8-6-15)14(19)13(2)16-9-11-18(12-10-16)22(3,20)21/h13H,4-12H2,1-3H3. The summed E-state index contributed by atoms with van der Waals surface area (Å²) < 4.78 is 24.5. The normalized spacial score (nSPS) is 24.4. The van der Waals surface area contributed by atoms with Crippen molar-refractivity contribution in [1.29, 1.82) is 0 Å². The zero-order valence-electron chi connectivity index (χ0n) is 13.9. The number of hydrogen-bond donors (Lipinski definition) is 0. The molecular weight excluding hydrogens is 304 g/mol. The molecule has 2 rings (SSSR count). The van der Waals surface area contributed by atoms with E-state index in [0.29, 0.717) is 26.2 Å². The summed E-state index contributed by atoms with van der Waals surface area (Å²) in [6.45, 7) is 10.8. The van der Waals surface area contributed by atoms with Crippen molar-refractivity contribution in [2.45, 2.75) is 19.9 Å². The van der Waals surface area contributed by atoms with Crippen molar-refractivity contribution < 1.29 is 13.2 Å². The molecule has 0 bridgehead atoms. The minimum Gasteiger partial charge on any atom is -0.339 e. The van der Waals surface area contributed by atoms with Gasteiger partial charge in [0.15, 0.2) is 0 Å². The SMILES string of the molecule is CCN1CCN(C(=O)C(C)N2CCN(S(C)(=O)=O)CC2)CC1. The van der Waals surface area contributed by atoms with Crippen LogP contribution in [-0.2, 0) is 14.8 Å². The van der Waals surface area contributed by atoms with Crippen molar-refractivity contribution in [1.82, 2.24) is 19.0 Å². The van der Waals surface area contributed by atoms with Crippen molar-refractivity contribution in [3.8, 4) is 0 Å². The Balaban J connectivity index is 1.85. The highest BCUT2D eigenvalue weighted by Gasteiger charge is 2.31. The van der Waals surface area contributed by atoms with Crippen molar-refractivity contribution in [2.75, 3.05) is 65.2 Å². The molecule has 2 fully saturated rings. The van der Waals surface area contributed by atoms with Crippen LogP contribution in [-0.4, -0.2) is 105 Å². The van der Waals surface area contributed by atoms with E-state index in [1.54, 1.807) is 0 Å². The van der Waals surface area contributed by atoms with Gasteiger partial charge in [-0.05, 0) is 13.5 Å². The molecule has 7 nitrogen and oxygen atoms in total. The molecule has 2 saturated heterocycles. The maximum Gasteiger partial charge on any atom is 0.239 e. The highest BCUT2D eigenvalue weighted by atomic mass is 32.2. The average Bonchev–Trinajstić information content (AvgIpc) is 2.53. The molecule has 2 heterocycles. The maximum absolute atomic E-state index is 12.6. The maximum atomic E-state index is 12.6. The Morgan fingerprint density at radius 1 is 1.00 bits per heavy atom. The molecule has 128 valence electrons. The molecule has 0 spiro atoms. The predicted octanol–water partition coefficient (Wildman–Crippen LogP) is -0.884. The van der Waals surface area contributed by atoms with Crippen LogP contribution < -0.4 is 0 Å². The molecule has 0 aliphatic carbocycles. The van der Waals surface area contributed by atoms with Gasteiger partial charge in [0.1, 0.15) is 0 Å². The smallest absolute Gasteiger partial charge is 0.239 e. The van der Waals surface area contributed by atoms with Crippen molar-refractivity contribution in [2.24, 2.45) is 0 Å². The number of hydrogen-bond acceptors (Lipinski definition) is 5. The van der Waals surface area contributed by atoms with E-state index in [9.17, 15) is 13.2 Å². The Kier molecular flexibility index (Phi) is 5.81. The van der Waals surface area contributed by atoms with Crippen LogP contribution in [0.4, 0.5) is 0 Å². The van der Waals surface area contributed by atoms with Gasteiger partial charge in [-0.1, -0.05) is 6.92 Å². The Labute approximate surface area is 133 Å². The minimum absolute atomic E-state index is 0.170. The van der Waals surface area contributed by atoms with Crippen LogP contribution in [0.5, 0.6) is 0 Å². The molecule has 2 aliphatic rings. The first-order chi connectivity index (χ1) is 10.3. The third-order valence-corrected chi connectivity index (χ3v) is 6.08. The number of carbonyl (C=O) groups excluding carboxylic acids is 1. The fourth-order valence-electron chi connectivity index (χ4n) is 3.13. The molecule has 8 heteroatoms. The van der Waals surface area contributed by atoms with Crippen molar-refractivity contribution in [3.63, 3.8) is 0 Å². The fraction of sp³-hybridized carbons (Fsp3) is 0.929. The molecule has 1 atom stereocenters. The third kappa shape index (κ3) is 4.18. The number of carbonyl (C=O) groups is 1. The molecule has 22 heavy (non-hydrogen) atoms. The van der Waals surface area contributed by atoms with E-state index in [4.69, 9.17) is 0 Å². The molecule has 2 aliphatic heterocycles. The second-order valence-electron chi connectivity index (χ2n) is 6.13. The van der Waals surface area contributed by atoms with Crippen molar-refractivity contribution in [3.05, 3.63) is 0 Å². The minimum atomic E-state index is -3.12. The van der Waals surface area contributed by atoms with Gasteiger partial charge in [-0.25, -0.2) is 8.42 Å². The summed E-state index contributed by atoms with van der Waals surface area (Å²) in [5.41, 5.74) is 0. The number of likely N-dealkylation sites (N-methyl/N-ethyl adjacent to an activating group) is 1. The third-order valence-electron chi connectivity index (χ3n) is 4.78. The predicted molar refractivity (Wildman–Crippen MR) is 86.1 cm³/mol. The lowest BCUT2D eigenvalue weighted by Crippen LogP contribution is -2.57. The summed E-state index contributed by atoms with van der Waals surface area (Å²) in [4.78, 5) is 19.0. The molecule has 0 saturated carbocycles. The second kappa shape index (κ2) is 7.25. The number of rotatable bonds is 4. The van der Waals surface area contributed by atoms with E-state index in [0.717, 1.165) is 32.7 Å². The van der Waals surface area contributed by atoms with Crippen LogP contribution in [0, 0.1) is 0 Å². The largest absolute Gasteiger partial charge is 0.339 e. The van der Waals surface area contributed by atoms with E-state index in [1.165, 1.54) is 10.6 Å². The van der Waals surface area contributed by atoms with E-state index in [1.807, 2.05) is 11.8 Å². The molecule has 1 unspecified atom stereocenters. The molecular formula is C14H28N4O3S. The van der Waals surface area contributed by atoms with Crippen molar-refractivity contribution >= 4 is 15.9 Å². The zero-order chi connectivity index (χ0) is 16.3. The van der Waals surface area contributed by atoms with E-state index < -0.39 is 10.0 Å². The second-order valence-corrected chi connectivity index (χ2v) is 8.12. The number of piperazine rings is 2. The molecule has 0 aromatic rings. The fourth-order valence-corrected chi connectivity index (χ4v) is 3.95. The monoisotopic (exact) mass is 332 g/mol. The highest BCUT2D eigenvalue weighted by Crippen LogP contribution is 2.12. The summed E-state index contributed by atoms with van der Waals surface area (Å²) in [5.74, 6) is 0.170. The summed E-state index contributed by atoms with van der Waals surface area (Å²) in [7, 11) is -3.12. The van der Waals surface area contributed by atoms with Gasteiger partial charge in [-0.15, -0.1) is 0 Å². The van der Waals surface area contributed by atoms with E-state index in [-0.39, 0.29) is 11.9 Å². The molecule has 1 amide bonds. The Morgan fingerprint density at radius 2 is 1.55 bits per heavy atom. The number of nitrogens with zero attached hydrogens (tertiary/aromatic N) is 4. The van der Waals surface area contributed by atoms with Crippen LogP contribution in [0.2, 0.25) is 0 Å². The van der Waals surface area contributed by atoms with Gasteiger partial charge in [-0.3, -0.25) is 9.69 Å². The first kappa shape index (κ1) is 17.7. The molecule has 0 aromatic heterocycles. The first-order valence-electron chi connectivity index (χ1n) is 8.03.